The van der Waals surface area contributed by atoms with Crippen LogP contribution in [0.4, 0.5) is 0 Å². The summed E-state index contributed by atoms with van der Waals surface area (Å²) in [5.74, 6) is 0. The minimum absolute atomic E-state index is 1.01. The van der Waals surface area contributed by atoms with Crippen LogP contribution in [0.25, 0.3) is 23.3 Å². The third-order valence-electron chi connectivity index (χ3n) is 5.26. The van der Waals surface area contributed by atoms with Crippen molar-refractivity contribution in [3.05, 3.63) is 103 Å². The maximum Gasteiger partial charge on any atom is 0.0178 e. The SMILES string of the molecule is Brc1ccc2c(c1)CC(c1ccc(C3=Cc4ccc(Br)cc4C3)cc1)=C2. The van der Waals surface area contributed by atoms with E-state index in [1.807, 2.05) is 0 Å². The topological polar surface area (TPSA) is 0 Å². The number of hydrogen-bond donors (Lipinski definition) is 0. The van der Waals surface area contributed by atoms with Crippen molar-refractivity contribution in [2.75, 3.05) is 0 Å². The molecule has 0 heterocycles. The van der Waals surface area contributed by atoms with Gasteiger partial charge in [0.15, 0.2) is 0 Å². The summed E-state index contributed by atoms with van der Waals surface area (Å²) in [6.45, 7) is 0. The normalized spacial score (nSPS) is 14.7. The Bertz CT molecular complexity index is 997. The fourth-order valence-corrected chi connectivity index (χ4v) is 4.71. The van der Waals surface area contributed by atoms with E-state index in [9.17, 15) is 0 Å². The lowest BCUT2D eigenvalue weighted by Crippen LogP contribution is -1.89. The van der Waals surface area contributed by atoms with Crippen LogP contribution >= 0.6 is 31.9 Å². The van der Waals surface area contributed by atoms with Crippen LogP contribution in [0.5, 0.6) is 0 Å². The lowest BCUT2D eigenvalue weighted by Gasteiger charge is -2.06. The first kappa shape index (κ1) is 16.3. The van der Waals surface area contributed by atoms with E-state index in [1.54, 1.807) is 0 Å². The monoisotopic (exact) mass is 462 g/mol. The fourth-order valence-electron chi connectivity index (χ4n) is 3.89. The minimum Gasteiger partial charge on any atom is -0.0541 e. The Hall–Kier alpha value is -1.90. The maximum absolute atomic E-state index is 3.57. The van der Waals surface area contributed by atoms with E-state index in [1.165, 1.54) is 44.5 Å². The molecule has 0 bridgehead atoms. The molecule has 0 unspecified atom stereocenters. The van der Waals surface area contributed by atoms with E-state index in [0.717, 1.165) is 21.8 Å². The average molecular weight is 464 g/mol. The fraction of sp³-hybridized carbons (Fsp3) is 0.0833. The van der Waals surface area contributed by atoms with Crippen LogP contribution in [0.1, 0.15) is 33.4 Å². The van der Waals surface area contributed by atoms with E-state index < -0.39 is 0 Å². The predicted octanol–water partition coefficient (Wildman–Crippen LogP) is 7.41. The first-order valence-corrected chi connectivity index (χ1v) is 10.3. The molecule has 126 valence electrons. The second-order valence-electron chi connectivity index (χ2n) is 6.96. The highest BCUT2D eigenvalue weighted by atomic mass is 79.9. The molecule has 0 saturated heterocycles. The number of benzene rings is 3. The standard InChI is InChI=1S/C24H16Br2/c25-23-7-5-17-9-19(11-21(17)13-23)15-1-2-16(4-3-15)20-10-18-6-8-24(26)14-22(18)12-20/h1-10,13-14H,11-12H2. The van der Waals surface area contributed by atoms with Gasteiger partial charge in [0.05, 0.1) is 0 Å². The number of halogens is 2. The summed E-state index contributed by atoms with van der Waals surface area (Å²) < 4.78 is 2.31. The lowest BCUT2D eigenvalue weighted by atomic mass is 9.98. The number of hydrogen-bond acceptors (Lipinski definition) is 0. The number of allylic oxidation sites excluding steroid dienone is 2. The molecular formula is C24H16Br2. The molecule has 0 N–H and O–H groups in total. The van der Waals surface area contributed by atoms with E-state index >= 15 is 0 Å². The molecule has 2 aliphatic rings. The maximum atomic E-state index is 3.57. The number of rotatable bonds is 2. The number of fused-ring (bicyclic) bond motifs is 2. The summed E-state index contributed by atoms with van der Waals surface area (Å²) in [5, 5.41) is 0. The average Bonchev–Trinajstić information content (AvgIpc) is 3.25. The Kier molecular flexibility index (Phi) is 3.99. The van der Waals surface area contributed by atoms with Gasteiger partial charge in [-0.05, 0) is 81.6 Å². The first-order chi connectivity index (χ1) is 12.7. The Morgan fingerprint density at radius 2 is 0.962 bits per heavy atom. The molecule has 2 aliphatic carbocycles. The predicted molar refractivity (Wildman–Crippen MR) is 118 cm³/mol. The molecule has 0 nitrogen and oxygen atoms in total. The van der Waals surface area contributed by atoms with Crippen molar-refractivity contribution in [2.45, 2.75) is 12.8 Å². The second kappa shape index (κ2) is 6.37. The molecule has 0 aromatic heterocycles. The van der Waals surface area contributed by atoms with Gasteiger partial charge in [-0.1, -0.05) is 80.4 Å². The second-order valence-corrected chi connectivity index (χ2v) is 8.79. The summed E-state index contributed by atoms with van der Waals surface area (Å²) >= 11 is 7.15. The molecule has 0 amide bonds. The van der Waals surface area contributed by atoms with Gasteiger partial charge in [0.1, 0.15) is 0 Å². The van der Waals surface area contributed by atoms with E-state index in [4.69, 9.17) is 0 Å². The van der Waals surface area contributed by atoms with Gasteiger partial charge in [0.25, 0.3) is 0 Å². The molecule has 0 radical (unpaired) electrons. The van der Waals surface area contributed by atoms with E-state index in [2.05, 4.69) is 105 Å². The third-order valence-corrected chi connectivity index (χ3v) is 6.24. The molecule has 0 atom stereocenters. The van der Waals surface area contributed by atoms with Crippen LogP contribution in [-0.2, 0) is 12.8 Å². The molecule has 0 aliphatic heterocycles. The molecule has 0 saturated carbocycles. The summed E-state index contributed by atoms with van der Waals surface area (Å²) in [4.78, 5) is 0. The van der Waals surface area contributed by atoms with Gasteiger partial charge >= 0.3 is 0 Å². The van der Waals surface area contributed by atoms with Gasteiger partial charge in [0.2, 0.25) is 0 Å². The molecular weight excluding hydrogens is 448 g/mol. The van der Waals surface area contributed by atoms with Gasteiger partial charge in [-0.3, -0.25) is 0 Å². The van der Waals surface area contributed by atoms with Crippen molar-refractivity contribution in [2.24, 2.45) is 0 Å². The highest BCUT2D eigenvalue weighted by molar-refractivity contribution is 9.10. The summed E-state index contributed by atoms with van der Waals surface area (Å²) in [6.07, 6.45) is 6.66. The molecule has 3 aromatic rings. The van der Waals surface area contributed by atoms with Crippen LogP contribution in [-0.4, -0.2) is 0 Å². The zero-order valence-corrected chi connectivity index (χ0v) is 17.3. The lowest BCUT2D eigenvalue weighted by molar-refractivity contribution is 1.29. The summed E-state index contributed by atoms with van der Waals surface area (Å²) in [6, 6.07) is 22.1. The highest BCUT2D eigenvalue weighted by Crippen LogP contribution is 2.36. The molecule has 2 heteroatoms. The summed E-state index contributed by atoms with van der Waals surface area (Å²) in [5.41, 5.74) is 10.9. The van der Waals surface area contributed by atoms with Crippen LogP contribution in [0.2, 0.25) is 0 Å². The van der Waals surface area contributed by atoms with Crippen LogP contribution in [0.3, 0.4) is 0 Å². The summed E-state index contributed by atoms with van der Waals surface area (Å²) in [7, 11) is 0. The Morgan fingerprint density at radius 1 is 0.538 bits per heavy atom. The van der Waals surface area contributed by atoms with Crippen molar-refractivity contribution in [3.63, 3.8) is 0 Å². The van der Waals surface area contributed by atoms with E-state index in [-0.39, 0.29) is 0 Å². The van der Waals surface area contributed by atoms with Crippen molar-refractivity contribution in [3.8, 4) is 0 Å². The quantitative estimate of drug-likeness (QED) is 0.371. The van der Waals surface area contributed by atoms with Crippen molar-refractivity contribution < 1.29 is 0 Å². The smallest absolute Gasteiger partial charge is 0.0178 e. The Balaban J connectivity index is 1.40. The zero-order chi connectivity index (χ0) is 17.7. The molecule has 0 spiro atoms. The molecule has 26 heavy (non-hydrogen) atoms. The van der Waals surface area contributed by atoms with Crippen LogP contribution in [0, 0.1) is 0 Å². The van der Waals surface area contributed by atoms with Gasteiger partial charge in [-0.25, -0.2) is 0 Å². The van der Waals surface area contributed by atoms with Crippen LogP contribution < -0.4 is 0 Å². The van der Waals surface area contributed by atoms with Crippen molar-refractivity contribution in [1.82, 2.24) is 0 Å². The minimum atomic E-state index is 1.01. The van der Waals surface area contributed by atoms with Crippen molar-refractivity contribution in [1.29, 1.82) is 0 Å². The van der Waals surface area contributed by atoms with Gasteiger partial charge < -0.3 is 0 Å². The largest absolute Gasteiger partial charge is 0.0541 e. The Morgan fingerprint density at radius 3 is 1.38 bits per heavy atom. The third kappa shape index (κ3) is 2.91. The first-order valence-electron chi connectivity index (χ1n) is 8.74. The molecule has 3 aromatic carbocycles. The molecule has 0 fully saturated rings. The highest BCUT2D eigenvalue weighted by Gasteiger charge is 2.16. The van der Waals surface area contributed by atoms with Gasteiger partial charge in [-0.15, -0.1) is 0 Å². The van der Waals surface area contributed by atoms with E-state index in [0.29, 0.717) is 0 Å². The Labute approximate surface area is 170 Å². The van der Waals surface area contributed by atoms with Gasteiger partial charge in [0, 0.05) is 8.95 Å². The molecule has 5 rings (SSSR count). The van der Waals surface area contributed by atoms with Gasteiger partial charge in [-0.2, -0.15) is 0 Å². The zero-order valence-electron chi connectivity index (χ0n) is 14.1. The van der Waals surface area contributed by atoms with Crippen LogP contribution in [0.15, 0.2) is 69.6 Å². The van der Waals surface area contributed by atoms with Crippen molar-refractivity contribution >= 4 is 55.2 Å².